The average molecular weight is 418 g/mol. The predicted molar refractivity (Wildman–Crippen MR) is 116 cm³/mol. The molecule has 3 aromatic rings. The molecule has 1 saturated carbocycles. The van der Waals surface area contributed by atoms with Gasteiger partial charge in [0.05, 0.1) is 17.2 Å². The molecule has 2 aliphatic rings. The quantitative estimate of drug-likeness (QED) is 0.706. The van der Waals surface area contributed by atoms with E-state index in [1.807, 2.05) is 30.3 Å². The van der Waals surface area contributed by atoms with E-state index in [1.54, 1.807) is 36.5 Å². The second-order valence-electron chi connectivity index (χ2n) is 8.83. The molecule has 0 unspecified atom stereocenters. The number of aromatic nitrogens is 3. The van der Waals surface area contributed by atoms with Gasteiger partial charge >= 0.3 is 0 Å². The number of carbonyl (C=O) groups is 1. The lowest BCUT2D eigenvalue weighted by molar-refractivity contribution is -0.134. The first-order valence-electron chi connectivity index (χ1n) is 10.9. The van der Waals surface area contributed by atoms with Crippen molar-refractivity contribution in [1.29, 1.82) is 0 Å². The van der Waals surface area contributed by atoms with Gasteiger partial charge in [-0.1, -0.05) is 24.3 Å². The first-order valence-corrected chi connectivity index (χ1v) is 10.9. The summed E-state index contributed by atoms with van der Waals surface area (Å²) in [6.07, 6.45) is 7.63. The van der Waals surface area contributed by atoms with Gasteiger partial charge in [0, 0.05) is 42.4 Å². The van der Waals surface area contributed by atoms with Crippen molar-refractivity contribution < 1.29 is 9.90 Å². The molecule has 1 saturated heterocycles. The number of likely N-dealkylation sites (tertiary alicyclic amines) is 1. The summed E-state index contributed by atoms with van der Waals surface area (Å²) in [5, 5.41) is 17.2. The second-order valence-corrected chi connectivity index (χ2v) is 8.83. The lowest BCUT2D eigenvalue weighted by Crippen LogP contribution is -2.43. The zero-order chi connectivity index (χ0) is 21.6. The van der Waals surface area contributed by atoms with Crippen molar-refractivity contribution in [3.05, 3.63) is 70.9 Å². The third-order valence-corrected chi connectivity index (χ3v) is 7.11. The fourth-order valence-electron chi connectivity index (χ4n) is 5.43. The molecule has 0 bridgehead atoms. The number of hydrogen-bond acceptors (Lipinski definition) is 5. The monoisotopic (exact) mass is 418 g/mol. The first-order chi connectivity index (χ1) is 15.0. The molecule has 5 rings (SSSR count). The first kappa shape index (κ1) is 19.9. The van der Waals surface area contributed by atoms with Crippen molar-refractivity contribution in [1.82, 2.24) is 19.7 Å². The molecule has 7 heteroatoms. The highest BCUT2D eigenvalue weighted by Gasteiger charge is 2.51. The number of nitrogens with zero attached hydrogens (tertiary/aromatic N) is 4. The van der Waals surface area contributed by atoms with Gasteiger partial charge in [0.2, 0.25) is 5.91 Å². The molecule has 31 heavy (non-hydrogen) atoms. The predicted octanol–water partition coefficient (Wildman–Crippen LogP) is 2.50. The summed E-state index contributed by atoms with van der Waals surface area (Å²) in [5.74, 6) is 0.0621. The zero-order valence-electron chi connectivity index (χ0n) is 17.5. The highest BCUT2D eigenvalue weighted by Crippen LogP contribution is 2.48. The molecule has 3 heterocycles. The van der Waals surface area contributed by atoms with Crippen LogP contribution in [0.3, 0.4) is 0 Å². The smallest absolute Gasteiger partial charge is 0.275 e. The van der Waals surface area contributed by atoms with Crippen LogP contribution in [0.15, 0.2) is 59.8 Å². The van der Waals surface area contributed by atoms with Gasteiger partial charge in [-0.15, -0.1) is 0 Å². The Labute approximate surface area is 180 Å². The molecule has 1 aliphatic carbocycles. The van der Waals surface area contributed by atoms with Crippen molar-refractivity contribution in [3.8, 4) is 0 Å². The number of fused-ring (bicyclic) bond motifs is 2. The van der Waals surface area contributed by atoms with E-state index in [0.29, 0.717) is 24.9 Å². The summed E-state index contributed by atoms with van der Waals surface area (Å²) >= 11 is 0. The van der Waals surface area contributed by atoms with E-state index in [2.05, 4.69) is 10.1 Å². The number of amides is 1. The Morgan fingerprint density at radius 2 is 2.03 bits per heavy atom. The van der Waals surface area contributed by atoms with Crippen LogP contribution in [0.4, 0.5) is 0 Å². The van der Waals surface area contributed by atoms with Gasteiger partial charge in [-0.2, -0.15) is 5.10 Å². The highest BCUT2D eigenvalue weighted by molar-refractivity contribution is 5.82. The molecule has 2 aromatic heterocycles. The van der Waals surface area contributed by atoms with E-state index >= 15 is 0 Å². The second kappa shape index (κ2) is 7.57. The normalized spacial score (nSPS) is 26.6. The number of carbonyl (C=O) groups excluding carboxylic acids is 1. The Hall–Kier alpha value is -3.06. The van der Waals surface area contributed by atoms with E-state index in [9.17, 15) is 14.7 Å². The van der Waals surface area contributed by atoms with Crippen LogP contribution < -0.4 is 5.56 Å². The van der Waals surface area contributed by atoms with Crippen molar-refractivity contribution in [3.63, 3.8) is 0 Å². The number of pyridine rings is 1. The van der Waals surface area contributed by atoms with E-state index in [4.69, 9.17) is 0 Å². The Bertz CT molecular complexity index is 1180. The maximum atomic E-state index is 13.4. The molecular weight excluding hydrogens is 392 g/mol. The molecule has 160 valence electrons. The molecule has 4 atom stereocenters. The van der Waals surface area contributed by atoms with Crippen LogP contribution in [-0.2, 0) is 10.4 Å². The van der Waals surface area contributed by atoms with Gasteiger partial charge in [0.1, 0.15) is 6.04 Å². The highest BCUT2D eigenvalue weighted by atomic mass is 16.3. The van der Waals surface area contributed by atoms with Gasteiger partial charge in [-0.05, 0) is 44.2 Å². The average Bonchev–Trinajstić information content (AvgIpc) is 3.25. The molecule has 1 aliphatic heterocycles. The van der Waals surface area contributed by atoms with Gasteiger partial charge < -0.3 is 10.0 Å². The minimum Gasteiger partial charge on any atom is -0.385 e. The Balaban J connectivity index is 1.41. The Morgan fingerprint density at radius 1 is 1.19 bits per heavy atom. The Kier molecular flexibility index (Phi) is 4.85. The lowest BCUT2D eigenvalue weighted by Gasteiger charge is -2.41. The van der Waals surface area contributed by atoms with Gasteiger partial charge in [-0.3, -0.25) is 14.6 Å². The molecule has 0 radical (unpaired) electrons. The number of aliphatic hydroxyl groups is 1. The largest absolute Gasteiger partial charge is 0.385 e. The third-order valence-electron chi connectivity index (χ3n) is 7.11. The fourth-order valence-corrected chi connectivity index (χ4v) is 5.43. The van der Waals surface area contributed by atoms with Crippen LogP contribution in [-0.4, -0.2) is 43.8 Å². The summed E-state index contributed by atoms with van der Waals surface area (Å²) in [6.45, 7) is 2.79. The van der Waals surface area contributed by atoms with Crippen LogP contribution in [0, 0.1) is 11.8 Å². The van der Waals surface area contributed by atoms with Crippen LogP contribution in [0.2, 0.25) is 0 Å². The van der Waals surface area contributed by atoms with Crippen LogP contribution in [0.25, 0.3) is 10.8 Å². The Morgan fingerprint density at radius 3 is 2.84 bits per heavy atom. The summed E-state index contributed by atoms with van der Waals surface area (Å²) in [6, 6.07) is 10.3. The third kappa shape index (κ3) is 3.24. The van der Waals surface area contributed by atoms with Crippen molar-refractivity contribution in [2.75, 3.05) is 13.1 Å². The maximum absolute atomic E-state index is 13.4. The summed E-state index contributed by atoms with van der Waals surface area (Å²) in [5.41, 5.74) is -0.421. The van der Waals surface area contributed by atoms with E-state index in [0.717, 1.165) is 23.8 Å². The van der Waals surface area contributed by atoms with Gasteiger partial charge in [-0.25, -0.2) is 4.68 Å². The standard InChI is InChI=1S/C24H26N4O3/c1-16(28-23(30)20-9-3-2-6-17(20)12-26-28)22(29)27-14-18-7-4-10-24(31,21(18)15-27)19-8-5-11-25-13-19/h2-3,5-6,8-9,11-13,16,18,21,31H,4,7,10,14-15H2,1H3/t16-,18+,21-,24+/m1/s1. The summed E-state index contributed by atoms with van der Waals surface area (Å²) in [7, 11) is 0. The molecule has 1 amide bonds. The lowest BCUT2D eigenvalue weighted by atomic mass is 9.68. The van der Waals surface area contributed by atoms with Crippen molar-refractivity contribution in [2.24, 2.45) is 11.8 Å². The van der Waals surface area contributed by atoms with E-state index in [1.165, 1.54) is 4.68 Å². The maximum Gasteiger partial charge on any atom is 0.275 e. The topological polar surface area (TPSA) is 88.3 Å². The summed E-state index contributed by atoms with van der Waals surface area (Å²) in [4.78, 5) is 32.3. The van der Waals surface area contributed by atoms with Crippen molar-refractivity contribution in [2.45, 2.75) is 37.8 Å². The molecular formula is C24H26N4O3. The van der Waals surface area contributed by atoms with Gasteiger partial charge in [0.25, 0.3) is 5.56 Å². The molecule has 7 nitrogen and oxygen atoms in total. The number of hydrogen-bond donors (Lipinski definition) is 1. The minimum atomic E-state index is -0.979. The molecule has 0 spiro atoms. The van der Waals surface area contributed by atoms with Gasteiger partial charge in [0.15, 0.2) is 0 Å². The van der Waals surface area contributed by atoms with E-state index in [-0.39, 0.29) is 23.3 Å². The zero-order valence-corrected chi connectivity index (χ0v) is 17.5. The fraction of sp³-hybridized carbons (Fsp3) is 0.417. The van der Waals surface area contributed by atoms with Crippen LogP contribution >= 0.6 is 0 Å². The molecule has 1 N–H and O–H groups in total. The van der Waals surface area contributed by atoms with Crippen LogP contribution in [0.5, 0.6) is 0 Å². The molecule has 1 aromatic carbocycles. The minimum absolute atomic E-state index is 0.0390. The number of benzene rings is 1. The van der Waals surface area contributed by atoms with Crippen LogP contribution in [0.1, 0.15) is 37.8 Å². The van der Waals surface area contributed by atoms with E-state index < -0.39 is 11.6 Å². The SMILES string of the molecule is C[C@H](C(=O)N1C[C@@H]2CCC[C@](O)(c3cccnc3)[C@@H]2C1)n1ncc2ccccc2c1=O. The summed E-state index contributed by atoms with van der Waals surface area (Å²) < 4.78 is 1.28. The molecule has 2 fully saturated rings. The number of rotatable bonds is 3. The van der Waals surface area contributed by atoms with Crippen molar-refractivity contribution >= 4 is 16.7 Å².